The summed E-state index contributed by atoms with van der Waals surface area (Å²) in [5.74, 6) is 2.92. The normalized spacial score (nSPS) is 14.6. The van der Waals surface area contributed by atoms with E-state index in [1.807, 2.05) is 20.8 Å². The van der Waals surface area contributed by atoms with E-state index in [9.17, 15) is 0 Å². The van der Waals surface area contributed by atoms with E-state index in [1.165, 1.54) is 87.6 Å². The molecule has 4 unspecified atom stereocenters. The van der Waals surface area contributed by atoms with Gasteiger partial charge in [-0.25, -0.2) is 0 Å². The third kappa shape index (κ3) is 42.5. The molecule has 0 heterocycles. The molecule has 0 aromatic carbocycles. The first-order valence-electron chi connectivity index (χ1n) is 22.7. The van der Waals surface area contributed by atoms with Gasteiger partial charge in [-0.3, -0.25) is 0 Å². The summed E-state index contributed by atoms with van der Waals surface area (Å²) < 4.78 is 0. The zero-order chi connectivity index (χ0) is 44.9. The fraction of sp³-hybridized carbons (Fsp3) is 0.731. The highest BCUT2D eigenvalue weighted by Crippen LogP contribution is 2.30. The van der Waals surface area contributed by atoms with Gasteiger partial charge in [-0.15, -0.1) is 6.58 Å². The summed E-state index contributed by atoms with van der Waals surface area (Å²) in [6, 6.07) is 1.53. The Morgan fingerprint density at radius 2 is 1.29 bits per heavy atom. The van der Waals surface area contributed by atoms with Gasteiger partial charge in [0.25, 0.3) is 0 Å². The van der Waals surface area contributed by atoms with Crippen molar-refractivity contribution in [2.24, 2.45) is 29.1 Å². The lowest BCUT2D eigenvalue weighted by molar-refractivity contribution is 0.246. The first-order valence-corrected chi connectivity index (χ1v) is 22.7. The van der Waals surface area contributed by atoms with E-state index in [1.54, 1.807) is 12.2 Å². The molecule has 332 valence electrons. The van der Waals surface area contributed by atoms with Crippen LogP contribution in [0.2, 0.25) is 0 Å². The minimum absolute atomic E-state index is 0.415. The summed E-state index contributed by atoms with van der Waals surface area (Å²) in [5, 5.41) is 13.3. The SMILES string of the molecule is C=C(C)NC(C(=C)C)C1CCCCC1.C=C(CCC(C)C(C)(C)C)NC(C)C.C=C(NC(C)CCC)C(C)C[C@@H](C)CC.C=CCNC(=C)C=C.CC.CCC. The smallest absolute Gasteiger partial charge is 0.0493 e. The fourth-order valence-corrected chi connectivity index (χ4v) is 5.83. The maximum absolute atomic E-state index is 4.15. The van der Waals surface area contributed by atoms with Crippen LogP contribution in [0.1, 0.15) is 195 Å². The Balaban J connectivity index is -0.000000202. The fourth-order valence-electron chi connectivity index (χ4n) is 5.83. The van der Waals surface area contributed by atoms with Crippen LogP contribution >= 0.6 is 0 Å². The van der Waals surface area contributed by atoms with Crippen LogP contribution < -0.4 is 21.3 Å². The van der Waals surface area contributed by atoms with E-state index in [0.717, 1.165) is 42.1 Å². The Bertz CT molecular complexity index is 991. The zero-order valence-electron chi connectivity index (χ0n) is 41.3. The van der Waals surface area contributed by atoms with E-state index in [4.69, 9.17) is 0 Å². The van der Waals surface area contributed by atoms with Gasteiger partial charge in [0.1, 0.15) is 0 Å². The third-order valence-corrected chi connectivity index (χ3v) is 9.83. The minimum atomic E-state index is 0.415. The summed E-state index contributed by atoms with van der Waals surface area (Å²) >= 11 is 0. The third-order valence-electron chi connectivity index (χ3n) is 9.83. The lowest BCUT2D eigenvalue weighted by Gasteiger charge is -2.32. The average molecular weight is 785 g/mol. The maximum atomic E-state index is 4.15. The quantitative estimate of drug-likeness (QED) is 0.0692. The van der Waals surface area contributed by atoms with Crippen molar-refractivity contribution in [1.82, 2.24) is 21.3 Å². The van der Waals surface area contributed by atoms with Crippen LogP contribution in [0.4, 0.5) is 0 Å². The van der Waals surface area contributed by atoms with E-state index >= 15 is 0 Å². The molecule has 5 atom stereocenters. The molecule has 4 heteroatoms. The highest BCUT2D eigenvalue weighted by Gasteiger charge is 2.23. The molecule has 1 saturated carbocycles. The van der Waals surface area contributed by atoms with Crippen LogP contribution in [0.3, 0.4) is 0 Å². The predicted octanol–water partition coefficient (Wildman–Crippen LogP) is 15.8. The molecule has 0 saturated heterocycles. The molecule has 1 aliphatic carbocycles. The second kappa shape index (κ2) is 40.6. The summed E-state index contributed by atoms with van der Waals surface area (Å²) in [6.07, 6.45) is 18.9. The van der Waals surface area contributed by atoms with Crippen LogP contribution in [-0.2, 0) is 0 Å². The summed E-state index contributed by atoms with van der Waals surface area (Å²) in [4.78, 5) is 0. The first kappa shape index (κ1) is 62.6. The number of allylic oxidation sites excluding steroid dienone is 4. The van der Waals surface area contributed by atoms with Crippen molar-refractivity contribution < 1.29 is 0 Å². The number of hydrogen-bond acceptors (Lipinski definition) is 4. The molecule has 56 heavy (non-hydrogen) atoms. The molecule has 4 nitrogen and oxygen atoms in total. The van der Waals surface area contributed by atoms with Gasteiger partial charge in [-0.2, -0.15) is 0 Å². The van der Waals surface area contributed by atoms with Crippen LogP contribution in [0.15, 0.2) is 86.6 Å². The molecule has 0 bridgehead atoms. The van der Waals surface area contributed by atoms with Crippen molar-refractivity contribution in [3.05, 3.63) is 86.6 Å². The molecule has 0 spiro atoms. The topological polar surface area (TPSA) is 48.1 Å². The van der Waals surface area contributed by atoms with E-state index in [2.05, 4.69) is 164 Å². The largest absolute Gasteiger partial charge is 0.387 e. The molecular formula is C52H104N4. The molecule has 0 aromatic heterocycles. The highest BCUT2D eigenvalue weighted by atomic mass is 14.9. The molecule has 0 aliphatic heterocycles. The van der Waals surface area contributed by atoms with Crippen molar-refractivity contribution in [3.8, 4) is 0 Å². The molecule has 1 aliphatic rings. The van der Waals surface area contributed by atoms with E-state index in [0.29, 0.717) is 29.5 Å². The minimum Gasteiger partial charge on any atom is -0.387 e. The van der Waals surface area contributed by atoms with Gasteiger partial charge in [-0.05, 0) is 108 Å². The Labute approximate surface area is 355 Å². The van der Waals surface area contributed by atoms with Crippen LogP contribution in [0, 0.1) is 29.1 Å². The van der Waals surface area contributed by atoms with Gasteiger partial charge in [0.15, 0.2) is 0 Å². The van der Waals surface area contributed by atoms with Gasteiger partial charge >= 0.3 is 0 Å². The Kier molecular flexibility index (Phi) is 45.3. The Morgan fingerprint density at radius 3 is 1.66 bits per heavy atom. The standard InChI is InChI=1S/C14H29N.C13H23N.C13H27N.C7H11N.C3H8.C2H6/c1-7-9-13(5)15-14(6)12(4)10-11(3)8-2;1-10(2)13(14-11(3)4)12-8-6-5-7-9-12;1-10(2)14-12(4)9-8-11(3)13(5,6)7;1-4-6-8-7(3)5-2;1-3-2;1-2/h11-13,15H,6-10H2,1-5H3;12-14H,1,3,5-9H2,2,4H3;10-11,14H,4,8-9H2,1-3,5-7H3;4-5,8H,1-3,6H2;3H2,1-2H3;1-2H3/t11-,12?,13?;;;;;/m0...../s1. The molecule has 4 N–H and O–H groups in total. The van der Waals surface area contributed by atoms with Crippen LogP contribution in [0.5, 0.6) is 0 Å². The van der Waals surface area contributed by atoms with E-state index < -0.39 is 0 Å². The molecular weight excluding hydrogens is 681 g/mol. The average Bonchev–Trinajstić information content (AvgIpc) is 3.13. The second-order valence-electron chi connectivity index (χ2n) is 17.5. The van der Waals surface area contributed by atoms with Crippen molar-refractivity contribution in [2.75, 3.05) is 6.54 Å². The number of hydrogen-bond donors (Lipinski definition) is 4. The first-order chi connectivity index (χ1) is 26.1. The van der Waals surface area contributed by atoms with Gasteiger partial charge in [0.05, 0.1) is 0 Å². The highest BCUT2D eigenvalue weighted by molar-refractivity contribution is 5.09. The van der Waals surface area contributed by atoms with Gasteiger partial charge < -0.3 is 21.3 Å². The second-order valence-corrected chi connectivity index (χ2v) is 17.5. The lowest BCUT2D eigenvalue weighted by Crippen LogP contribution is -2.36. The molecule has 1 rings (SSSR count). The summed E-state index contributed by atoms with van der Waals surface area (Å²) in [5.41, 5.74) is 5.96. The number of rotatable bonds is 21. The Hall–Kier alpha value is -2.62. The molecule has 0 radical (unpaired) electrons. The predicted molar refractivity (Wildman–Crippen MR) is 263 cm³/mol. The monoisotopic (exact) mass is 785 g/mol. The van der Waals surface area contributed by atoms with Crippen molar-refractivity contribution in [3.63, 3.8) is 0 Å². The van der Waals surface area contributed by atoms with Crippen LogP contribution in [-0.4, -0.2) is 24.7 Å². The van der Waals surface area contributed by atoms with Crippen molar-refractivity contribution in [2.45, 2.75) is 213 Å². The lowest BCUT2D eigenvalue weighted by atomic mass is 9.79. The van der Waals surface area contributed by atoms with Gasteiger partial charge in [0, 0.05) is 47.5 Å². The van der Waals surface area contributed by atoms with E-state index in [-0.39, 0.29) is 0 Å². The van der Waals surface area contributed by atoms with Gasteiger partial charge in [0.2, 0.25) is 0 Å². The zero-order valence-corrected chi connectivity index (χ0v) is 41.3. The summed E-state index contributed by atoms with van der Waals surface area (Å²) in [7, 11) is 0. The van der Waals surface area contributed by atoms with Crippen molar-refractivity contribution >= 4 is 0 Å². The Morgan fingerprint density at radius 1 is 0.768 bits per heavy atom. The molecule has 0 amide bonds. The molecule has 1 fully saturated rings. The molecule has 0 aromatic rings. The maximum Gasteiger partial charge on any atom is 0.0493 e. The van der Waals surface area contributed by atoms with Gasteiger partial charge in [-0.1, -0.05) is 173 Å². The number of nitrogens with one attached hydrogen (secondary N) is 4. The van der Waals surface area contributed by atoms with Crippen LogP contribution in [0.25, 0.3) is 0 Å². The van der Waals surface area contributed by atoms with Crippen molar-refractivity contribution in [1.29, 1.82) is 0 Å². The summed E-state index contributed by atoms with van der Waals surface area (Å²) in [6.45, 7) is 64.9.